The molecule has 7 heteroatoms. The quantitative estimate of drug-likeness (QED) is 0.606. The molecule has 0 N–H and O–H groups in total. The standard InChI is InChI=1S/C9H10O2.4ClH.Ti/c1-2-11-9(10)8-6-4-3-5-7-8;;;;;/h3-7H,2H2,1H3;4*1H;. The van der Waals surface area contributed by atoms with Crippen LogP contribution in [-0.2, 0) is 26.5 Å². The van der Waals surface area contributed by atoms with E-state index in [1.54, 1.807) is 19.1 Å². The van der Waals surface area contributed by atoms with E-state index in [-0.39, 0.29) is 77.3 Å². The topological polar surface area (TPSA) is 26.3 Å². The first-order chi connectivity index (χ1) is 5.34. The van der Waals surface area contributed by atoms with Crippen molar-refractivity contribution in [1.82, 2.24) is 0 Å². The van der Waals surface area contributed by atoms with Crippen LogP contribution in [0.25, 0.3) is 0 Å². The van der Waals surface area contributed by atoms with Crippen LogP contribution >= 0.6 is 49.6 Å². The third-order valence-corrected chi connectivity index (χ3v) is 1.28. The molecule has 94 valence electrons. The summed E-state index contributed by atoms with van der Waals surface area (Å²) in [5, 5.41) is 0. The van der Waals surface area contributed by atoms with Gasteiger partial charge in [-0.3, -0.25) is 0 Å². The minimum absolute atomic E-state index is 0. The first-order valence-corrected chi connectivity index (χ1v) is 3.56. The number of rotatable bonds is 2. The van der Waals surface area contributed by atoms with Gasteiger partial charge in [0, 0.05) is 21.7 Å². The van der Waals surface area contributed by atoms with Crippen molar-refractivity contribution in [3.8, 4) is 0 Å². The van der Waals surface area contributed by atoms with E-state index >= 15 is 0 Å². The van der Waals surface area contributed by atoms with Crippen molar-refractivity contribution < 1.29 is 31.2 Å². The van der Waals surface area contributed by atoms with Crippen LogP contribution in [0.1, 0.15) is 17.3 Å². The number of carbonyl (C=O) groups excluding carboxylic acids is 1. The molecule has 0 atom stereocenters. The predicted molar refractivity (Wildman–Crippen MR) is 71.4 cm³/mol. The summed E-state index contributed by atoms with van der Waals surface area (Å²) >= 11 is 0. The number of benzene rings is 1. The molecule has 0 aliphatic heterocycles. The Hall–Kier alpha value is 0.564. The SMILES string of the molecule is CCOC(=O)c1ccccc1.Cl.Cl.Cl.Cl.[Ti]. The second-order valence-corrected chi connectivity index (χ2v) is 2.09. The van der Waals surface area contributed by atoms with Crippen molar-refractivity contribution >= 4 is 55.6 Å². The largest absolute Gasteiger partial charge is 0.462 e. The Morgan fingerprint density at radius 1 is 1.06 bits per heavy atom. The maximum absolute atomic E-state index is 11.0. The summed E-state index contributed by atoms with van der Waals surface area (Å²) in [5.41, 5.74) is 0.606. The zero-order valence-corrected chi connectivity index (χ0v) is 13.4. The van der Waals surface area contributed by atoms with E-state index < -0.39 is 0 Å². The first-order valence-electron chi connectivity index (χ1n) is 3.56. The third kappa shape index (κ3) is 11.1. The number of ether oxygens (including phenoxy) is 1. The molecule has 0 saturated carbocycles. The van der Waals surface area contributed by atoms with E-state index in [1.165, 1.54) is 0 Å². The van der Waals surface area contributed by atoms with Crippen LogP contribution in [0.4, 0.5) is 0 Å². The average Bonchev–Trinajstić information content (AvgIpc) is 2.07. The van der Waals surface area contributed by atoms with Crippen LogP contribution in [0.3, 0.4) is 0 Å². The van der Waals surface area contributed by atoms with E-state index in [4.69, 9.17) is 4.74 Å². The van der Waals surface area contributed by atoms with Crippen molar-refractivity contribution in [3.63, 3.8) is 0 Å². The van der Waals surface area contributed by atoms with Crippen molar-refractivity contribution in [2.45, 2.75) is 6.92 Å². The van der Waals surface area contributed by atoms with Gasteiger partial charge in [0.2, 0.25) is 0 Å². The summed E-state index contributed by atoms with van der Waals surface area (Å²) in [5.74, 6) is -0.256. The van der Waals surface area contributed by atoms with Crippen LogP contribution < -0.4 is 0 Å². The van der Waals surface area contributed by atoms with E-state index in [1.807, 2.05) is 18.2 Å². The van der Waals surface area contributed by atoms with E-state index in [0.717, 1.165) is 0 Å². The number of hydrogen-bond acceptors (Lipinski definition) is 2. The number of carbonyl (C=O) groups is 1. The maximum atomic E-state index is 11.0. The Labute approximate surface area is 135 Å². The maximum Gasteiger partial charge on any atom is 0.338 e. The Balaban J connectivity index is -0.0000000807. The van der Waals surface area contributed by atoms with Gasteiger partial charge in [0.05, 0.1) is 12.2 Å². The summed E-state index contributed by atoms with van der Waals surface area (Å²) in [6, 6.07) is 8.96. The van der Waals surface area contributed by atoms with Gasteiger partial charge in [0.15, 0.2) is 0 Å². The van der Waals surface area contributed by atoms with Crippen LogP contribution in [0.2, 0.25) is 0 Å². The molecule has 0 amide bonds. The van der Waals surface area contributed by atoms with Crippen LogP contribution in [0, 0.1) is 0 Å². The third-order valence-electron chi connectivity index (χ3n) is 1.28. The molecule has 0 aliphatic rings. The number of esters is 1. The van der Waals surface area contributed by atoms with Crippen molar-refractivity contribution in [2.75, 3.05) is 6.61 Å². The Kier molecular flexibility index (Phi) is 33.7. The zero-order valence-electron chi connectivity index (χ0n) is 8.54. The van der Waals surface area contributed by atoms with Gasteiger partial charge in [0.1, 0.15) is 0 Å². The van der Waals surface area contributed by atoms with Crippen LogP contribution in [0.5, 0.6) is 0 Å². The molecule has 2 nitrogen and oxygen atoms in total. The molecule has 0 aliphatic carbocycles. The minimum Gasteiger partial charge on any atom is -0.462 e. The molecule has 0 heterocycles. The first kappa shape index (κ1) is 30.0. The van der Waals surface area contributed by atoms with Gasteiger partial charge in [-0.25, -0.2) is 4.79 Å². The van der Waals surface area contributed by atoms with Gasteiger partial charge >= 0.3 is 5.97 Å². The molecule has 0 bridgehead atoms. The van der Waals surface area contributed by atoms with Crippen molar-refractivity contribution in [1.29, 1.82) is 0 Å². The smallest absolute Gasteiger partial charge is 0.338 e. The van der Waals surface area contributed by atoms with Gasteiger partial charge < -0.3 is 4.74 Å². The fourth-order valence-electron chi connectivity index (χ4n) is 0.789. The van der Waals surface area contributed by atoms with Gasteiger partial charge in [-0.15, -0.1) is 49.6 Å². The Morgan fingerprint density at radius 3 is 1.88 bits per heavy atom. The number of hydrogen-bond donors (Lipinski definition) is 0. The molecule has 1 rings (SSSR count). The second kappa shape index (κ2) is 17.9. The molecule has 0 unspecified atom stereocenters. The molecule has 1 aromatic rings. The summed E-state index contributed by atoms with van der Waals surface area (Å²) in [6.45, 7) is 2.22. The average molecular weight is 344 g/mol. The second-order valence-electron chi connectivity index (χ2n) is 2.09. The van der Waals surface area contributed by atoms with Gasteiger partial charge in [-0.1, -0.05) is 18.2 Å². The molecule has 0 fully saturated rings. The van der Waals surface area contributed by atoms with E-state index in [0.29, 0.717) is 12.2 Å². The monoisotopic (exact) mass is 342 g/mol. The van der Waals surface area contributed by atoms with Crippen LogP contribution in [-0.4, -0.2) is 12.6 Å². The predicted octanol–water partition coefficient (Wildman–Crippen LogP) is 3.55. The molecule has 0 spiro atoms. The van der Waals surface area contributed by atoms with Gasteiger partial charge in [-0.05, 0) is 19.1 Å². The summed E-state index contributed by atoms with van der Waals surface area (Å²) in [4.78, 5) is 11.0. The van der Waals surface area contributed by atoms with Gasteiger partial charge in [0.25, 0.3) is 0 Å². The molecular weight excluding hydrogens is 330 g/mol. The van der Waals surface area contributed by atoms with Crippen LogP contribution in [0.15, 0.2) is 30.3 Å². The minimum atomic E-state index is -0.256. The van der Waals surface area contributed by atoms with Crippen molar-refractivity contribution in [3.05, 3.63) is 35.9 Å². The Morgan fingerprint density at radius 2 is 1.50 bits per heavy atom. The molecule has 0 saturated heterocycles. The van der Waals surface area contributed by atoms with E-state index in [2.05, 4.69) is 0 Å². The summed E-state index contributed by atoms with van der Waals surface area (Å²) in [6.07, 6.45) is 0. The molecule has 0 aromatic heterocycles. The molecular formula is C9H14Cl4O2Ti. The fraction of sp³-hybridized carbons (Fsp3) is 0.222. The summed E-state index contributed by atoms with van der Waals surface area (Å²) < 4.78 is 4.79. The normalized spacial score (nSPS) is 6.31. The fourth-order valence-corrected chi connectivity index (χ4v) is 0.789. The van der Waals surface area contributed by atoms with Crippen molar-refractivity contribution in [2.24, 2.45) is 0 Å². The zero-order chi connectivity index (χ0) is 8.10. The van der Waals surface area contributed by atoms with Gasteiger partial charge in [-0.2, -0.15) is 0 Å². The molecule has 16 heavy (non-hydrogen) atoms. The molecule has 0 radical (unpaired) electrons. The summed E-state index contributed by atoms with van der Waals surface area (Å²) in [7, 11) is 0. The number of halogens is 4. The Bertz CT molecular complexity index is 247. The molecule has 1 aromatic carbocycles. The van der Waals surface area contributed by atoms with E-state index in [9.17, 15) is 4.79 Å².